The highest BCUT2D eigenvalue weighted by Crippen LogP contribution is 2.23. The minimum atomic E-state index is -3.91. The second-order valence-electron chi connectivity index (χ2n) is 6.19. The van der Waals surface area contributed by atoms with E-state index < -0.39 is 21.1 Å². The molecule has 4 aromatic rings. The number of nitrogens with one attached hydrogen (secondary N) is 3. The largest absolute Gasteiger partial charge is 0.316 e. The molecule has 0 atom stereocenters. The molecular weight excluding hydrogens is 382 g/mol. The van der Waals surface area contributed by atoms with Crippen LogP contribution in [0.5, 0.6) is 0 Å². The Morgan fingerprint density at radius 3 is 2.25 bits per heavy atom. The topological polar surface area (TPSA) is 130 Å². The monoisotopic (exact) mass is 397 g/mol. The molecule has 0 unspecified atom stereocenters. The summed E-state index contributed by atoms with van der Waals surface area (Å²) in [5.41, 5.74) is 0.595. The minimum Gasteiger partial charge on any atom is -0.316 e. The summed E-state index contributed by atoms with van der Waals surface area (Å²) >= 11 is 0. The van der Waals surface area contributed by atoms with Crippen LogP contribution in [0, 0.1) is 6.92 Å². The molecule has 9 nitrogen and oxygen atoms in total. The molecule has 10 heteroatoms. The van der Waals surface area contributed by atoms with E-state index in [1.807, 2.05) is 0 Å². The van der Waals surface area contributed by atoms with Gasteiger partial charge in [0.05, 0.1) is 22.3 Å². The Morgan fingerprint density at radius 2 is 1.64 bits per heavy atom. The number of aromatic amines is 2. The van der Waals surface area contributed by atoms with E-state index in [1.54, 1.807) is 54.5 Å². The van der Waals surface area contributed by atoms with E-state index in [4.69, 9.17) is 0 Å². The third-order valence-electron chi connectivity index (χ3n) is 4.23. The van der Waals surface area contributed by atoms with Crippen LogP contribution in [-0.4, -0.2) is 27.9 Å². The zero-order valence-corrected chi connectivity index (χ0v) is 15.4. The molecule has 142 valence electrons. The van der Waals surface area contributed by atoms with Gasteiger partial charge in [0.15, 0.2) is 0 Å². The van der Waals surface area contributed by atoms with E-state index in [0.29, 0.717) is 16.8 Å². The van der Waals surface area contributed by atoms with Crippen molar-refractivity contribution in [2.75, 3.05) is 4.72 Å². The van der Waals surface area contributed by atoms with Crippen molar-refractivity contribution < 1.29 is 8.42 Å². The number of hydrogen-bond donors (Lipinski definition) is 3. The van der Waals surface area contributed by atoms with Crippen LogP contribution in [0.4, 0.5) is 5.69 Å². The molecule has 0 spiro atoms. The van der Waals surface area contributed by atoms with Crippen LogP contribution < -0.4 is 15.8 Å². The summed E-state index contributed by atoms with van der Waals surface area (Å²) < 4.78 is 30.0. The minimum absolute atomic E-state index is 0.00128. The van der Waals surface area contributed by atoms with Gasteiger partial charge in [-0.3, -0.25) is 14.3 Å². The second-order valence-corrected chi connectivity index (χ2v) is 7.84. The van der Waals surface area contributed by atoms with Gasteiger partial charge < -0.3 is 14.5 Å². The predicted octanol–water partition coefficient (Wildman–Crippen LogP) is 1.51. The number of aromatic nitrogens is 4. The van der Waals surface area contributed by atoms with Gasteiger partial charge in [-0.15, -0.1) is 0 Å². The quantitative estimate of drug-likeness (QED) is 0.450. The molecule has 0 radical (unpaired) electrons. The van der Waals surface area contributed by atoms with Crippen molar-refractivity contribution >= 4 is 26.7 Å². The van der Waals surface area contributed by atoms with Crippen molar-refractivity contribution in [1.29, 1.82) is 0 Å². The van der Waals surface area contributed by atoms with Crippen LogP contribution in [0.2, 0.25) is 0 Å². The average molecular weight is 397 g/mol. The molecule has 0 amide bonds. The van der Waals surface area contributed by atoms with Gasteiger partial charge in [-0.1, -0.05) is 0 Å². The highest BCUT2D eigenvalue weighted by Gasteiger charge is 2.18. The van der Waals surface area contributed by atoms with Gasteiger partial charge in [0.1, 0.15) is 0 Å². The molecular formula is C18H15N5O4S. The normalized spacial score (nSPS) is 11.6. The van der Waals surface area contributed by atoms with Gasteiger partial charge in [-0.05, 0) is 48.9 Å². The number of sulfonamides is 1. The first-order valence-corrected chi connectivity index (χ1v) is 9.70. The third-order valence-corrected chi connectivity index (χ3v) is 5.75. The van der Waals surface area contributed by atoms with E-state index >= 15 is 0 Å². The number of benzene rings is 2. The Bertz CT molecular complexity index is 1380. The first-order chi connectivity index (χ1) is 13.3. The van der Waals surface area contributed by atoms with Crippen molar-refractivity contribution in [3.05, 3.63) is 81.4 Å². The number of nitrogens with zero attached hydrogens (tertiary/aromatic N) is 2. The molecule has 3 N–H and O–H groups in total. The van der Waals surface area contributed by atoms with E-state index in [2.05, 4.69) is 19.7 Å². The van der Waals surface area contributed by atoms with Crippen LogP contribution in [0.3, 0.4) is 0 Å². The SMILES string of the molecule is Cc1cc2[nH]c(=O)c(=O)[nH]c2cc1S(=O)(=O)Nc1ccc(-n2ccnc2)cc1. The smallest absolute Gasteiger partial charge is 0.314 e. The number of imidazole rings is 1. The fourth-order valence-electron chi connectivity index (χ4n) is 2.87. The molecule has 0 aliphatic rings. The van der Waals surface area contributed by atoms with Crippen LogP contribution in [-0.2, 0) is 10.0 Å². The van der Waals surface area contributed by atoms with Crippen molar-refractivity contribution in [2.24, 2.45) is 0 Å². The van der Waals surface area contributed by atoms with Gasteiger partial charge in [0.25, 0.3) is 10.0 Å². The summed E-state index contributed by atoms with van der Waals surface area (Å²) in [6.07, 6.45) is 5.07. The summed E-state index contributed by atoms with van der Waals surface area (Å²) in [4.78, 5) is 31.8. The van der Waals surface area contributed by atoms with Gasteiger partial charge in [-0.2, -0.15) is 0 Å². The highest BCUT2D eigenvalue weighted by molar-refractivity contribution is 7.92. The first-order valence-electron chi connectivity index (χ1n) is 8.22. The molecule has 28 heavy (non-hydrogen) atoms. The maximum absolute atomic E-state index is 12.8. The van der Waals surface area contributed by atoms with Crippen molar-refractivity contribution in [3.8, 4) is 5.69 Å². The van der Waals surface area contributed by atoms with Crippen LogP contribution in [0.25, 0.3) is 16.7 Å². The maximum Gasteiger partial charge on any atom is 0.314 e. The van der Waals surface area contributed by atoms with Crippen molar-refractivity contribution in [3.63, 3.8) is 0 Å². The molecule has 0 fully saturated rings. The van der Waals surface area contributed by atoms with E-state index in [9.17, 15) is 18.0 Å². The average Bonchev–Trinajstić information content (AvgIpc) is 3.17. The second kappa shape index (κ2) is 6.50. The van der Waals surface area contributed by atoms with Crippen LogP contribution in [0.15, 0.2) is 69.6 Å². The van der Waals surface area contributed by atoms with E-state index in [-0.39, 0.29) is 10.4 Å². The number of fused-ring (bicyclic) bond motifs is 1. The summed E-state index contributed by atoms with van der Waals surface area (Å²) in [7, 11) is -3.91. The molecule has 0 saturated heterocycles. The van der Waals surface area contributed by atoms with Gasteiger partial charge in [0.2, 0.25) is 0 Å². The van der Waals surface area contributed by atoms with Gasteiger partial charge in [-0.25, -0.2) is 13.4 Å². The number of H-pyrrole nitrogens is 2. The molecule has 2 heterocycles. The predicted molar refractivity (Wildman–Crippen MR) is 104 cm³/mol. The van der Waals surface area contributed by atoms with Crippen LogP contribution >= 0.6 is 0 Å². The zero-order valence-electron chi connectivity index (χ0n) is 14.6. The van der Waals surface area contributed by atoms with Crippen molar-refractivity contribution in [2.45, 2.75) is 11.8 Å². The molecule has 0 aliphatic carbocycles. The Hall–Kier alpha value is -3.66. The number of hydrogen-bond acceptors (Lipinski definition) is 5. The number of anilines is 1. The fraction of sp³-hybridized carbons (Fsp3) is 0.0556. The lowest BCUT2D eigenvalue weighted by Gasteiger charge is -2.12. The summed E-state index contributed by atoms with van der Waals surface area (Å²) in [6.45, 7) is 1.61. The standard InChI is InChI=1S/C18H15N5O4S/c1-11-8-14-15(21-18(25)17(24)20-14)9-16(11)28(26,27)22-12-2-4-13(5-3-12)23-7-6-19-10-23/h2-10,22H,1H3,(H,20,24)(H,21,25). The van der Waals surface area contributed by atoms with E-state index in [1.165, 1.54) is 12.1 Å². The van der Waals surface area contributed by atoms with E-state index in [0.717, 1.165) is 5.69 Å². The zero-order chi connectivity index (χ0) is 19.9. The lowest BCUT2D eigenvalue weighted by atomic mass is 10.2. The molecule has 0 aliphatic heterocycles. The molecule has 0 saturated carbocycles. The maximum atomic E-state index is 12.8. The summed E-state index contributed by atoms with van der Waals surface area (Å²) in [6, 6.07) is 9.63. The third kappa shape index (κ3) is 3.21. The molecule has 0 bridgehead atoms. The van der Waals surface area contributed by atoms with Gasteiger partial charge in [0, 0.05) is 23.8 Å². The Balaban J connectivity index is 1.70. The molecule has 2 aromatic heterocycles. The lowest BCUT2D eigenvalue weighted by Crippen LogP contribution is -2.29. The van der Waals surface area contributed by atoms with Crippen LogP contribution in [0.1, 0.15) is 5.56 Å². The number of aryl methyl sites for hydroxylation is 1. The summed E-state index contributed by atoms with van der Waals surface area (Å²) in [5, 5.41) is 0. The summed E-state index contributed by atoms with van der Waals surface area (Å²) in [5.74, 6) is 0. The Morgan fingerprint density at radius 1 is 1.00 bits per heavy atom. The Kier molecular flexibility index (Phi) is 4.12. The van der Waals surface area contributed by atoms with Gasteiger partial charge >= 0.3 is 11.1 Å². The lowest BCUT2D eigenvalue weighted by molar-refractivity contribution is 0.600. The molecule has 4 rings (SSSR count). The number of rotatable bonds is 4. The van der Waals surface area contributed by atoms with Crippen molar-refractivity contribution in [1.82, 2.24) is 19.5 Å². The Labute approximate surface area is 158 Å². The first kappa shape index (κ1) is 17.7. The molecule has 2 aromatic carbocycles. The highest BCUT2D eigenvalue weighted by atomic mass is 32.2. The fourth-order valence-corrected chi connectivity index (χ4v) is 4.18.